The Bertz CT molecular complexity index is 3080. The zero-order valence-electron chi connectivity index (χ0n) is 38.1. The minimum absolute atomic E-state index is 0.164. The first kappa shape index (κ1) is 51.1. The van der Waals surface area contributed by atoms with Gasteiger partial charge in [0.15, 0.2) is 34.2 Å². The lowest BCUT2D eigenvalue weighted by Gasteiger charge is -2.28. The van der Waals surface area contributed by atoms with Crippen molar-refractivity contribution in [3.63, 3.8) is 0 Å². The number of methoxy groups -OCH3 is 4. The second-order valence-electron chi connectivity index (χ2n) is 14.5. The number of amides is 1. The summed E-state index contributed by atoms with van der Waals surface area (Å²) >= 11 is 0. The van der Waals surface area contributed by atoms with Gasteiger partial charge in [0.05, 0.1) is 44.8 Å². The van der Waals surface area contributed by atoms with E-state index in [1.54, 1.807) is 30.3 Å². The Morgan fingerprint density at radius 1 is 0.521 bits per heavy atom. The molecule has 0 atom stereocenters. The third kappa shape index (κ3) is 12.6. The second-order valence-corrected chi connectivity index (χ2v) is 14.5. The van der Waals surface area contributed by atoms with Gasteiger partial charge in [0.1, 0.15) is 13.2 Å². The van der Waals surface area contributed by atoms with Crippen LogP contribution in [-0.4, -0.2) is 117 Å². The van der Waals surface area contributed by atoms with Crippen LogP contribution in [0.15, 0.2) is 113 Å². The molecule has 0 unspecified atom stereocenters. The van der Waals surface area contributed by atoms with E-state index in [2.05, 4.69) is 18.9 Å². The van der Waals surface area contributed by atoms with E-state index in [-0.39, 0.29) is 59.7 Å². The van der Waals surface area contributed by atoms with E-state index >= 15 is 0 Å². The molecule has 0 bridgehead atoms. The molecular formula is C46H42N4O21. The van der Waals surface area contributed by atoms with Crippen LogP contribution in [0.5, 0.6) is 23.0 Å². The summed E-state index contributed by atoms with van der Waals surface area (Å²) in [5.74, 6) is -5.85. The summed E-state index contributed by atoms with van der Waals surface area (Å²) in [5, 5.41) is -0.329. The molecule has 0 radical (unpaired) electrons. The van der Waals surface area contributed by atoms with Gasteiger partial charge in [-0.05, 0) is 42.0 Å². The van der Waals surface area contributed by atoms with Crippen LogP contribution in [0.1, 0.15) is 15.9 Å². The lowest BCUT2D eigenvalue weighted by atomic mass is 10.1. The number of carbonyl (C=O) groups excluding carboxylic acids is 6. The van der Waals surface area contributed by atoms with Gasteiger partial charge < -0.3 is 56.4 Å². The van der Waals surface area contributed by atoms with Gasteiger partial charge in [0.2, 0.25) is 0 Å². The van der Waals surface area contributed by atoms with Crippen molar-refractivity contribution in [2.24, 2.45) is 0 Å². The van der Waals surface area contributed by atoms with Crippen LogP contribution in [0.4, 0.5) is 19.2 Å². The molecule has 25 heteroatoms. The fourth-order valence-corrected chi connectivity index (χ4v) is 6.70. The van der Waals surface area contributed by atoms with Gasteiger partial charge in [-0.2, -0.15) is 0 Å². The summed E-state index contributed by atoms with van der Waals surface area (Å²) in [6, 6.07) is 20.2. The Morgan fingerprint density at radius 2 is 0.986 bits per heavy atom. The molecule has 71 heavy (non-hydrogen) atoms. The third-order valence-corrected chi connectivity index (χ3v) is 10.2. The maximum atomic E-state index is 14.6. The average molecular weight is 987 g/mol. The topological polar surface area (TPSA) is 296 Å². The van der Waals surface area contributed by atoms with Crippen LogP contribution in [0.3, 0.4) is 0 Å². The highest BCUT2D eigenvalue weighted by molar-refractivity contribution is 6.00. The van der Waals surface area contributed by atoms with Gasteiger partial charge in [0, 0.05) is 39.3 Å². The monoisotopic (exact) mass is 986 g/mol. The second kappa shape index (κ2) is 23.6. The van der Waals surface area contributed by atoms with E-state index in [0.717, 1.165) is 42.5 Å². The fraction of sp³-hybridized carbons (Fsp3) is 0.261. The van der Waals surface area contributed by atoms with Crippen molar-refractivity contribution in [1.29, 1.82) is 0 Å². The lowest BCUT2D eigenvalue weighted by molar-refractivity contribution is -0.145. The molecule has 0 saturated carbocycles. The quantitative estimate of drug-likeness (QED) is 0.0673. The van der Waals surface area contributed by atoms with Gasteiger partial charge in [0.25, 0.3) is 17.0 Å². The SMILES string of the molecule is COC(=O)Oc1cccc(C(=O)N(CCN(CCn2c(=O)oc3c(OC(=O)OC)cccc3c2=O)CCn2c(=O)oc3c(OC(=O)OC)cccc3c2=O)CC(=O)OCc2ccccc2)c1OC(=O)OC. The lowest BCUT2D eigenvalue weighted by Crippen LogP contribution is -2.45. The van der Waals surface area contributed by atoms with E-state index in [9.17, 15) is 47.9 Å². The van der Waals surface area contributed by atoms with E-state index in [0.29, 0.717) is 5.56 Å². The Kier molecular flexibility index (Phi) is 17.0. The molecule has 0 fully saturated rings. The number of fused-ring (bicyclic) bond motifs is 2. The minimum Gasteiger partial charge on any atom is -0.459 e. The van der Waals surface area contributed by atoms with Gasteiger partial charge in [-0.1, -0.05) is 48.5 Å². The van der Waals surface area contributed by atoms with Crippen LogP contribution in [0, 0.1) is 0 Å². The highest BCUT2D eigenvalue weighted by atomic mass is 16.7. The Labute approximate surface area is 398 Å². The molecule has 0 aliphatic rings. The average Bonchev–Trinajstić information content (AvgIpc) is 3.37. The smallest absolute Gasteiger partial charge is 0.459 e. The normalized spacial score (nSPS) is 10.8. The van der Waals surface area contributed by atoms with Gasteiger partial charge in [-0.25, -0.2) is 37.9 Å². The Balaban J connectivity index is 1.37. The zero-order valence-corrected chi connectivity index (χ0v) is 38.1. The number of benzene rings is 4. The summed E-state index contributed by atoms with van der Waals surface area (Å²) in [4.78, 5) is 133. The number of aromatic nitrogens is 2. The van der Waals surface area contributed by atoms with Crippen LogP contribution in [-0.2, 0) is 48.2 Å². The Hall–Kier alpha value is -9.26. The summed E-state index contributed by atoms with van der Waals surface area (Å²) in [6.07, 6.45) is -4.87. The molecule has 25 nitrogen and oxygen atoms in total. The van der Waals surface area contributed by atoms with E-state index < -0.39 is 102 Å². The summed E-state index contributed by atoms with van der Waals surface area (Å²) in [6.45, 7) is -2.93. The predicted octanol–water partition coefficient (Wildman–Crippen LogP) is 3.69. The van der Waals surface area contributed by atoms with Crippen molar-refractivity contribution in [2.75, 3.05) is 61.2 Å². The molecule has 4 aromatic carbocycles. The van der Waals surface area contributed by atoms with E-state index in [1.165, 1.54) is 59.5 Å². The highest BCUT2D eigenvalue weighted by Crippen LogP contribution is 2.33. The molecular weight excluding hydrogens is 945 g/mol. The largest absolute Gasteiger partial charge is 0.513 e. The fourth-order valence-electron chi connectivity index (χ4n) is 6.70. The van der Waals surface area contributed by atoms with Crippen molar-refractivity contribution in [3.05, 3.63) is 138 Å². The molecule has 372 valence electrons. The molecule has 6 aromatic rings. The van der Waals surface area contributed by atoms with Gasteiger partial charge >= 0.3 is 42.1 Å². The molecule has 0 aliphatic heterocycles. The number of carbonyl (C=O) groups is 6. The number of hydrogen-bond acceptors (Lipinski definition) is 22. The molecule has 6 rings (SSSR count). The number of esters is 1. The van der Waals surface area contributed by atoms with E-state index in [4.69, 9.17) is 32.5 Å². The van der Waals surface area contributed by atoms with Gasteiger partial charge in [-0.3, -0.25) is 24.1 Å². The van der Waals surface area contributed by atoms with Crippen molar-refractivity contribution >= 4 is 58.4 Å². The van der Waals surface area contributed by atoms with Crippen LogP contribution in [0.2, 0.25) is 0 Å². The first-order chi connectivity index (χ1) is 34.1. The molecule has 0 spiro atoms. The standard InChI is InChI=1S/C46H42N4O21/c1-61-43(57)66-31-16-9-14-29-35(31)69-41(55)49(39(29)53)23-20-47(21-24-50-40(54)30-15-10-17-32(67-44(58)62-2)36(30)70-42(50)56)19-22-48(25-34(51)65-26-27-11-6-5-7-12-27)38(52)28-13-8-18-33(68-45(59)63-3)37(28)71-46(60)64-4/h5-18H,19-26H2,1-4H3. The maximum Gasteiger partial charge on any atom is 0.513 e. The summed E-state index contributed by atoms with van der Waals surface area (Å²) in [7, 11) is 4.09. The third-order valence-electron chi connectivity index (χ3n) is 10.2. The number of rotatable bonds is 18. The molecule has 0 saturated heterocycles. The zero-order chi connectivity index (χ0) is 51.2. The van der Waals surface area contributed by atoms with Crippen molar-refractivity contribution in [1.82, 2.24) is 18.9 Å². The first-order valence-corrected chi connectivity index (χ1v) is 20.9. The van der Waals surface area contributed by atoms with Crippen LogP contribution in [0.25, 0.3) is 21.9 Å². The minimum atomic E-state index is -1.32. The summed E-state index contributed by atoms with van der Waals surface area (Å²) in [5.41, 5.74) is -2.23. The van der Waals surface area contributed by atoms with Crippen molar-refractivity contribution < 1.29 is 80.2 Å². The summed E-state index contributed by atoms with van der Waals surface area (Å²) < 4.78 is 56.4. The first-order valence-electron chi connectivity index (χ1n) is 20.9. The molecule has 0 aliphatic carbocycles. The van der Waals surface area contributed by atoms with Crippen LogP contribution >= 0.6 is 0 Å². The highest BCUT2D eigenvalue weighted by Gasteiger charge is 2.29. The molecule has 0 N–H and O–H groups in total. The van der Waals surface area contributed by atoms with Crippen molar-refractivity contribution in [2.45, 2.75) is 19.7 Å². The van der Waals surface area contributed by atoms with Crippen molar-refractivity contribution in [3.8, 4) is 23.0 Å². The van der Waals surface area contributed by atoms with E-state index in [1.807, 2.05) is 0 Å². The Morgan fingerprint density at radius 3 is 1.49 bits per heavy atom. The number of nitrogens with zero attached hydrogens (tertiary/aromatic N) is 4. The number of ether oxygens (including phenoxy) is 9. The van der Waals surface area contributed by atoms with Crippen LogP contribution < -0.4 is 41.6 Å². The molecule has 1 amide bonds. The number of para-hydroxylation sites is 3. The molecule has 2 aromatic heterocycles. The predicted molar refractivity (Wildman–Crippen MR) is 241 cm³/mol. The van der Waals surface area contributed by atoms with Gasteiger partial charge in [-0.15, -0.1) is 0 Å². The molecule has 2 heterocycles. The number of hydrogen-bond donors (Lipinski definition) is 0. The maximum absolute atomic E-state index is 14.6.